The Morgan fingerprint density at radius 1 is 0.372 bits per heavy atom. The maximum Gasteiger partial charge on any atom is 2.00 e. The van der Waals surface area contributed by atoms with E-state index in [-0.39, 0.29) is 16.8 Å². The zero-order chi connectivity index (χ0) is 28.8. The Hall–Kier alpha value is -4.21. The van der Waals surface area contributed by atoms with Gasteiger partial charge in [0, 0.05) is 28.2 Å². The van der Waals surface area contributed by atoms with Crippen LogP contribution in [-0.4, -0.2) is 28.2 Å². The number of fused-ring (bicyclic) bond motifs is 4. The standard InChI is InChI=1S/2C17H15N4.Co/c2*1-20-14-9-5-3-7-12(14)18-16(20)11-17-19-13-8-4-6-10-15(13)21(17)2;/h2*3-11H,1-2H3;/q;;+2. The number of hydrogen-bond donors (Lipinski definition) is 0. The zero-order valence-corrected chi connectivity index (χ0v) is 25.3. The molecule has 213 valence electrons. The van der Waals surface area contributed by atoms with E-state index >= 15 is 0 Å². The Labute approximate surface area is 265 Å². The number of para-hydroxylation sites is 8. The van der Waals surface area contributed by atoms with E-state index in [1.807, 2.05) is 114 Å². The van der Waals surface area contributed by atoms with E-state index in [9.17, 15) is 0 Å². The average Bonchev–Trinajstić information content (AvgIpc) is 3.72. The molecule has 4 aromatic carbocycles. The fraction of sp³-hybridized carbons (Fsp3) is 0.118. The predicted octanol–water partition coefficient (Wildman–Crippen LogP) is 5.88. The van der Waals surface area contributed by atoms with Crippen LogP contribution in [-0.2, 0) is 16.8 Å². The van der Waals surface area contributed by atoms with Crippen LogP contribution < -0.4 is 40.9 Å². The van der Waals surface area contributed by atoms with Crippen LogP contribution in [0.1, 0.15) is 0 Å². The minimum atomic E-state index is 0. The Balaban J connectivity index is 0.000000150. The quantitative estimate of drug-likeness (QED) is 0.290. The van der Waals surface area contributed by atoms with Crippen LogP contribution in [0.5, 0.6) is 0 Å². The molecule has 0 N–H and O–H groups in total. The molecular weight excluding hydrogens is 579 g/mol. The minimum Gasteiger partial charge on any atom is -0.345 e. The second-order valence-corrected chi connectivity index (χ2v) is 10.4. The van der Waals surface area contributed by atoms with Crippen molar-refractivity contribution in [2.45, 2.75) is 0 Å². The van der Waals surface area contributed by atoms with Crippen molar-refractivity contribution in [1.82, 2.24) is 21.3 Å². The van der Waals surface area contributed by atoms with Gasteiger partial charge in [0.25, 0.3) is 0 Å². The molecule has 4 heterocycles. The van der Waals surface area contributed by atoms with Crippen LogP contribution >= 0.6 is 0 Å². The first kappa shape index (κ1) is 28.9. The molecule has 11 radical (unpaired) electrons. The summed E-state index contributed by atoms with van der Waals surface area (Å²) in [6, 6.07) is 32.6. The predicted molar refractivity (Wildman–Crippen MR) is 168 cm³/mol. The Morgan fingerprint density at radius 2 is 0.581 bits per heavy atom. The van der Waals surface area contributed by atoms with Gasteiger partial charge in [-0.1, -0.05) is 48.5 Å². The van der Waals surface area contributed by atoms with Gasteiger partial charge in [-0.15, -0.1) is 0 Å². The van der Waals surface area contributed by atoms with Crippen molar-refractivity contribution in [3.8, 4) is 0 Å². The summed E-state index contributed by atoms with van der Waals surface area (Å²) in [4.78, 5) is 8.37. The van der Waals surface area contributed by atoms with Crippen molar-refractivity contribution in [2.75, 3.05) is 47.8 Å². The van der Waals surface area contributed by atoms with Crippen molar-refractivity contribution in [1.29, 1.82) is 0 Å². The molecule has 0 fully saturated rings. The second kappa shape index (κ2) is 11.8. The molecule has 9 heteroatoms. The Morgan fingerprint density at radius 3 is 0.791 bits per heavy atom. The van der Waals surface area contributed by atoms with Crippen LogP contribution in [0.2, 0.25) is 0 Å². The SMILES string of the molecule is CN1[C]([CH][C]2[N]c3ccccc3N2C)[N]c2ccccc21.CN1[C]([CH][C]2[N]c3ccccc3N2C)[N]c2ccccc21.[Co+2]. The summed E-state index contributed by atoms with van der Waals surface area (Å²) < 4.78 is 0. The summed E-state index contributed by atoms with van der Waals surface area (Å²) in [5, 5.41) is 18.7. The molecule has 0 atom stereocenters. The van der Waals surface area contributed by atoms with E-state index in [1.54, 1.807) is 0 Å². The van der Waals surface area contributed by atoms with Crippen LogP contribution in [0, 0.1) is 37.5 Å². The van der Waals surface area contributed by atoms with E-state index < -0.39 is 0 Å². The van der Waals surface area contributed by atoms with Gasteiger partial charge >= 0.3 is 16.8 Å². The fourth-order valence-corrected chi connectivity index (χ4v) is 5.40. The van der Waals surface area contributed by atoms with Crippen molar-refractivity contribution >= 4 is 45.5 Å². The first-order valence-electron chi connectivity index (χ1n) is 13.8. The van der Waals surface area contributed by atoms with E-state index in [0.29, 0.717) is 0 Å². The monoisotopic (exact) mass is 609 g/mol. The Bertz CT molecular complexity index is 1350. The molecule has 0 saturated carbocycles. The van der Waals surface area contributed by atoms with Gasteiger partial charge in [0.15, 0.2) is 24.7 Å². The third kappa shape index (κ3) is 5.27. The third-order valence-electron chi connectivity index (χ3n) is 7.80. The first-order chi connectivity index (χ1) is 20.5. The van der Waals surface area contributed by atoms with Gasteiger partial charge in [0.05, 0.1) is 58.3 Å². The third-order valence-corrected chi connectivity index (χ3v) is 7.80. The van der Waals surface area contributed by atoms with Crippen molar-refractivity contribution in [3.63, 3.8) is 0 Å². The topological polar surface area (TPSA) is 69.4 Å². The molecule has 0 aromatic heterocycles. The van der Waals surface area contributed by atoms with Crippen molar-refractivity contribution in [3.05, 3.63) is 135 Å². The fourth-order valence-electron chi connectivity index (χ4n) is 5.40. The molecule has 0 bridgehead atoms. The van der Waals surface area contributed by atoms with Gasteiger partial charge in [-0.2, -0.15) is 0 Å². The summed E-state index contributed by atoms with van der Waals surface area (Å²) in [5.74, 6) is 0. The molecular formula is C34H30CoN8+2. The van der Waals surface area contributed by atoms with Gasteiger partial charge in [-0.3, -0.25) is 0 Å². The van der Waals surface area contributed by atoms with Gasteiger partial charge in [-0.05, 0) is 48.5 Å². The van der Waals surface area contributed by atoms with Crippen LogP contribution in [0.3, 0.4) is 0 Å². The van der Waals surface area contributed by atoms with E-state index in [2.05, 4.69) is 65.1 Å². The van der Waals surface area contributed by atoms with E-state index in [0.717, 1.165) is 70.2 Å². The number of anilines is 4. The molecule has 0 saturated heterocycles. The summed E-state index contributed by atoms with van der Waals surface area (Å²) in [5.41, 5.74) is 8.53. The van der Waals surface area contributed by atoms with E-state index in [1.165, 1.54) is 0 Å². The summed E-state index contributed by atoms with van der Waals surface area (Å²) >= 11 is 0. The molecule has 4 aliphatic heterocycles. The second-order valence-electron chi connectivity index (χ2n) is 10.4. The zero-order valence-electron chi connectivity index (χ0n) is 24.3. The summed E-state index contributed by atoms with van der Waals surface area (Å²) in [7, 11) is 8.13. The minimum absolute atomic E-state index is 0. The van der Waals surface area contributed by atoms with E-state index in [4.69, 9.17) is 0 Å². The maximum absolute atomic E-state index is 4.67. The molecule has 0 spiro atoms. The molecule has 0 amide bonds. The van der Waals surface area contributed by atoms with Gasteiger partial charge < -0.3 is 19.6 Å². The van der Waals surface area contributed by atoms with Crippen molar-refractivity contribution in [2.24, 2.45) is 0 Å². The largest absolute Gasteiger partial charge is 2.00 e. The summed E-state index contributed by atoms with van der Waals surface area (Å²) in [6.07, 6.45) is 7.70. The van der Waals surface area contributed by atoms with Crippen LogP contribution in [0.15, 0.2) is 97.1 Å². The van der Waals surface area contributed by atoms with Crippen molar-refractivity contribution < 1.29 is 16.8 Å². The molecule has 8 nitrogen and oxygen atoms in total. The molecule has 4 aliphatic rings. The summed E-state index contributed by atoms with van der Waals surface area (Å²) in [6.45, 7) is 0. The Kier molecular flexibility index (Phi) is 7.94. The molecule has 8 rings (SSSR count). The van der Waals surface area contributed by atoms with Crippen LogP contribution in [0.4, 0.5) is 45.5 Å². The molecule has 0 unspecified atom stereocenters. The maximum atomic E-state index is 4.67. The number of hydrogen-bond acceptors (Lipinski definition) is 4. The van der Waals surface area contributed by atoms with Gasteiger partial charge in [-0.25, -0.2) is 21.3 Å². The smallest absolute Gasteiger partial charge is 0.345 e. The van der Waals surface area contributed by atoms with Gasteiger partial charge in [0.1, 0.15) is 0 Å². The average molecular weight is 610 g/mol. The number of rotatable bonds is 4. The van der Waals surface area contributed by atoms with Crippen LogP contribution in [0.25, 0.3) is 0 Å². The normalized spacial score (nSPS) is 17.0. The first-order valence-corrected chi connectivity index (χ1v) is 13.8. The number of benzene rings is 4. The van der Waals surface area contributed by atoms with Gasteiger partial charge in [0.2, 0.25) is 0 Å². The number of nitrogens with zero attached hydrogens (tertiary/aromatic N) is 8. The molecule has 4 aromatic rings. The molecule has 0 aliphatic carbocycles. The molecule has 43 heavy (non-hydrogen) atoms.